The van der Waals surface area contributed by atoms with E-state index in [0.29, 0.717) is 27.1 Å². The number of ether oxygens (including phenoxy) is 1. The maximum absolute atomic E-state index is 12.1. The Bertz CT molecular complexity index is 778. The smallest absolute Gasteiger partial charge is 0.280 e. The average molecular weight is 367 g/mol. The van der Waals surface area contributed by atoms with Crippen LogP contribution in [0.4, 0.5) is 0 Å². The van der Waals surface area contributed by atoms with Crippen LogP contribution in [0, 0.1) is 0 Å². The molecule has 0 aliphatic carbocycles. The van der Waals surface area contributed by atoms with E-state index < -0.39 is 12.0 Å². The molecule has 1 amide bonds. The summed E-state index contributed by atoms with van der Waals surface area (Å²) in [7, 11) is 0. The number of amides is 1. The molecule has 126 valence electrons. The number of phenols is 1. The monoisotopic (exact) mass is 366 g/mol. The Morgan fingerprint density at radius 2 is 1.96 bits per heavy atom. The molecule has 0 bridgehead atoms. The van der Waals surface area contributed by atoms with Crippen LogP contribution in [-0.4, -0.2) is 22.8 Å². The summed E-state index contributed by atoms with van der Waals surface area (Å²) in [5.74, 6) is -0.00819. The normalized spacial score (nSPS) is 12.6. The number of halogens is 2. The first kappa shape index (κ1) is 18.1. The summed E-state index contributed by atoms with van der Waals surface area (Å²) in [6, 6.07) is 11.5. The summed E-state index contributed by atoms with van der Waals surface area (Å²) in [6.07, 6.45) is -0.815. The lowest BCUT2D eigenvalue weighted by Crippen LogP contribution is -2.34. The lowest BCUT2D eigenvalue weighted by molar-refractivity contribution is -0.127. The molecule has 0 heterocycles. The molecule has 0 aliphatic heterocycles. The van der Waals surface area contributed by atoms with Crippen molar-refractivity contribution in [2.45, 2.75) is 20.0 Å². The van der Waals surface area contributed by atoms with Gasteiger partial charge in [-0.1, -0.05) is 35.3 Å². The molecular formula is C17H16Cl2N2O3. The van der Waals surface area contributed by atoms with Crippen LogP contribution in [0.5, 0.6) is 11.5 Å². The van der Waals surface area contributed by atoms with Crippen LogP contribution in [0.15, 0.2) is 47.6 Å². The first-order valence-electron chi connectivity index (χ1n) is 7.12. The number of carbonyl (C=O) groups is 1. The van der Waals surface area contributed by atoms with Crippen molar-refractivity contribution >= 4 is 34.8 Å². The Kier molecular flexibility index (Phi) is 6.06. The van der Waals surface area contributed by atoms with Crippen LogP contribution in [0.3, 0.4) is 0 Å². The molecular weight excluding hydrogens is 351 g/mol. The van der Waals surface area contributed by atoms with Gasteiger partial charge in [-0.15, -0.1) is 0 Å². The second-order valence-corrected chi connectivity index (χ2v) is 5.87. The van der Waals surface area contributed by atoms with E-state index in [2.05, 4.69) is 10.5 Å². The third-order valence-electron chi connectivity index (χ3n) is 3.19. The van der Waals surface area contributed by atoms with Gasteiger partial charge in [0.2, 0.25) is 0 Å². The largest absolute Gasteiger partial charge is 0.507 e. The van der Waals surface area contributed by atoms with Gasteiger partial charge in [-0.05, 0) is 44.2 Å². The van der Waals surface area contributed by atoms with Crippen molar-refractivity contribution in [2.24, 2.45) is 5.10 Å². The topological polar surface area (TPSA) is 70.9 Å². The molecule has 1 atom stereocenters. The van der Waals surface area contributed by atoms with Crippen LogP contribution >= 0.6 is 23.2 Å². The maximum Gasteiger partial charge on any atom is 0.280 e. The molecule has 24 heavy (non-hydrogen) atoms. The zero-order valence-corrected chi connectivity index (χ0v) is 14.6. The standard InChI is InChI=1S/C17H16Cl2N2O3/c1-10(13-5-3-4-6-15(13)22)20-21-17(23)11(2)24-16-8-7-12(18)9-14(16)19/h3-9,11,22H,1-2H3,(H,21,23). The number of hydrogen-bond acceptors (Lipinski definition) is 4. The number of para-hydroxylation sites is 1. The van der Waals surface area contributed by atoms with Gasteiger partial charge in [-0.3, -0.25) is 4.79 Å². The van der Waals surface area contributed by atoms with Gasteiger partial charge in [0, 0.05) is 10.6 Å². The van der Waals surface area contributed by atoms with E-state index in [0.717, 1.165) is 0 Å². The first-order valence-corrected chi connectivity index (χ1v) is 7.88. The predicted molar refractivity (Wildman–Crippen MR) is 95.0 cm³/mol. The van der Waals surface area contributed by atoms with Crippen molar-refractivity contribution in [2.75, 3.05) is 0 Å². The van der Waals surface area contributed by atoms with E-state index >= 15 is 0 Å². The molecule has 0 radical (unpaired) electrons. The summed E-state index contributed by atoms with van der Waals surface area (Å²) in [5.41, 5.74) is 3.41. The fourth-order valence-corrected chi connectivity index (χ4v) is 2.34. The average Bonchev–Trinajstić information content (AvgIpc) is 2.55. The van der Waals surface area contributed by atoms with Crippen LogP contribution < -0.4 is 10.2 Å². The van der Waals surface area contributed by atoms with Gasteiger partial charge in [0.05, 0.1) is 10.7 Å². The quantitative estimate of drug-likeness (QED) is 0.620. The highest BCUT2D eigenvalue weighted by atomic mass is 35.5. The van der Waals surface area contributed by atoms with E-state index in [1.807, 2.05) is 0 Å². The Morgan fingerprint density at radius 1 is 1.25 bits per heavy atom. The van der Waals surface area contributed by atoms with Gasteiger partial charge in [-0.25, -0.2) is 5.43 Å². The van der Waals surface area contributed by atoms with Gasteiger partial charge in [0.25, 0.3) is 5.91 Å². The number of nitrogens with one attached hydrogen (secondary N) is 1. The molecule has 0 aromatic heterocycles. The molecule has 0 aliphatic rings. The number of benzene rings is 2. The molecule has 0 saturated heterocycles. The van der Waals surface area contributed by atoms with E-state index in [1.165, 1.54) is 6.07 Å². The number of hydrogen-bond donors (Lipinski definition) is 2. The van der Waals surface area contributed by atoms with Gasteiger partial charge in [0.15, 0.2) is 6.10 Å². The zero-order chi connectivity index (χ0) is 17.7. The van der Waals surface area contributed by atoms with Crippen molar-refractivity contribution in [1.29, 1.82) is 0 Å². The minimum Gasteiger partial charge on any atom is -0.507 e. The van der Waals surface area contributed by atoms with Crippen molar-refractivity contribution in [3.8, 4) is 11.5 Å². The Morgan fingerprint density at radius 3 is 2.62 bits per heavy atom. The lowest BCUT2D eigenvalue weighted by atomic mass is 10.1. The fraction of sp³-hybridized carbons (Fsp3) is 0.176. The summed E-state index contributed by atoms with van der Waals surface area (Å²) < 4.78 is 5.50. The molecule has 2 rings (SSSR count). The number of aromatic hydroxyl groups is 1. The van der Waals surface area contributed by atoms with Gasteiger partial charge in [-0.2, -0.15) is 5.10 Å². The fourth-order valence-electron chi connectivity index (χ4n) is 1.88. The minimum atomic E-state index is -0.815. The molecule has 0 fully saturated rings. The highest BCUT2D eigenvalue weighted by Crippen LogP contribution is 2.28. The molecule has 0 spiro atoms. The van der Waals surface area contributed by atoms with Gasteiger partial charge in [0.1, 0.15) is 11.5 Å². The van der Waals surface area contributed by atoms with Gasteiger partial charge < -0.3 is 9.84 Å². The highest BCUT2D eigenvalue weighted by molar-refractivity contribution is 6.35. The summed E-state index contributed by atoms with van der Waals surface area (Å²) >= 11 is 11.8. The van der Waals surface area contributed by atoms with Crippen LogP contribution in [-0.2, 0) is 4.79 Å². The number of phenolic OH excluding ortho intramolecular Hbond substituents is 1. The van der Waals surface area contributed by atoms with Crippen molar-refractivity contribution in [3.05, 3.63) is 58.1 Å². The first-order chi connectivity index (χ1) is 11.4. The Labute approximate surface area is 149 Å². The van der Waals surface area contributed by atoms with E-state index in [9.17, 15) is 9.90 Å². The maximum atomic E-state index is 12.1. The van der Waals surface area contributed by atoms with Crippen molar-refractivity contribution in [3.63, 3.8) is 0 Å². The molecule has 5 nitrogen and oxygen atoms in total. The SMILES string of the molecule is CC(=NNC(=O)C(C)Oc1ccc(Cl)cc1Cl)c1ccccc1O. The number of rotatable bonds is 5. The molecule has 7 heteroatoms. The molecule has 1 unspecified atom stereocenters. The van der Waals surface area contributed by atoms with E-state index in [1.54, 1.807) is 50.2 Å². The van der Waals surface area contributed by atoms with Crippen molar-refractivity contribution in [1.82, 2.24) is 5.43 Å². The van der Waals surface area contributed by atoms with Crippen molar-refractivity contribution < 1.29 is 14.6 Å². The lowest BCUT2D eigenvalue weighted by Gasteiger charge is -2.14. The second-order valence-electron chi connectivity index (χ2n) is 5.03. The predicted octanol–water partition coefficient (Wildman–Crippen LogP) is 4.01. The van der Waals surface area contributed by atoms with Gasteiger partial charge >= 0.3 is 0 Å². The second kappa shape index (κ2) is 8.04. The molecule has 2 aromatic carbocycles. The molecule has 2 N–H and O–H groups in total. The summed E-state index contributed by atoms with van der Waals surface area (Å²) in [5, 5.41) is 14.5. The summed E-state index contributed by atoms with van der Waals surface area (Å²) in [4.78, 5) is 12.1. The van der Waals surface area contributed by atoms with Crippen LogP contribution in [0.1, 0.15) is 19.4 Å². The summed E-state index contributed by atoms with van der Waals surface area (Å²) in [6.45, 7) is 3.25. The Hall–Kier alpha value is -2.24. The highest BCUT2D eigenvalue weighted by Gasteiger charge is 2.16. The molecule has 2 aromatic rings. The van der Waals surface area contributed by atoms with Crippen LogP contribution in [0.2, 0.25) is 10.0 Å². The van der Waals surface area contributed by atoms with E-state index in [4.69, 9.17) is 27.9 Å². The third-order valence-corrected chi connectivity index (χ3v) is 3.73. The molecule has 0 saturated carbocycles. The Balaban J connectivity index is 2.01. The minimum absolute atomic E-state index is 0.0882. The zero-order valence-electron chi connectivity index (χ0n) is 13.1. The third kappa shape index (κ3) is 4.63. The number of nitrogens with zero attached hydrogens (tertiary/aromatic N) is 1. The number of hydrazone groups is 1. The van der Waals surface area contributed by atoms with Crippen LogP contribution in [0.25, 0.3) is 0 Å². The van der Waals surface area contributed by atoms with E-state index in [-0.39, 0.29) is 5.75 Å². The number of carbonyl (C=O) groups excluding carboxylic acids is 1.